The zero-order chi connectivity index (χ0) is 30.6. The van der Waals surface area contributed by atoms with Gasteiger partial charge in [-0.05, 0) is 63.5 Å². The van der Waals surface area contributed by atoms with Crippen molar-refractivity contribution in [1.29, 1.82) is 0 Å². The lowest BCUT2D eigenvalue weighted by molar-refractivity contribution is 0.653. The molecule has 0 aliphatic carbocycles. The number of aromatic nitrogens is 2. The molecule has 0 aliphatic heterocycles. The fourth-order valence-corrected chi connectivity index (χ4v) is 9.88. The van der Waals surface area contributed by atoms with Crippen LogP contribution in [0.25, 0.3) is 106 Å². The number of hydrogen-bond acceptors (Lipinski definition) is 5. The third kappa shape index (κ3) is 3.61. The summed E-state index contributed by atoms with van der Waals surface area (Å²) in [5, 5.41) is 11.1. The summed E-state index contributed by atoms with van der Waals surface area (Å²) in [7, 11) is 0. The zero-order valence-electron chi connectivity index (χ0n) is 24.8. The largest absolute Gasteiger partial charge is 0.436 e. The van der Waals surface area contributed by atoms with Crippen molar-refractivity contribution in [3.05, 3.63) is 134 Å². The van der Waals surface area contributed by atoms with E-state index in [1.807, 2.05) is 28.9 Å². The van der Waals surface area contributed by atoms with Crippen LogP contribution in [-0.2, 0) is 0 Å². The molecule has 3 nitrogen and oxygen atoms in total. The number of thiophene rings is 2. The molecule has 0 saturated carbocycles. The maximum absolute atomic E-state index is 6.40. The Bertz CT molecular complexity index is 3090. The summed E-state index contributed by atoms with van der Waals surface area (Å²) in [6, 6.07) is 45.7. The minimum absolute atomic E-state index is 0.558. The second-order valence-electron chi connectivity index (χ2n) is 12.1. The lowest BCUT2D eigenvalue weighted by Crippen LogP contribution is -1.88. The maximum atomic E-state index is 6.40. The van der Waals surface area contributed by atoms with Crippen LogP contribution in [-0.4, -0.2) is 9.97 Å². The summed E-state index contributed by atoms with van der Waals surface area (Å²) in [5.41, 5.74) is 6.41. The number of benzene rings is 7. The SMILES string of the molecule is c1ccc2c(c1)cc(-c1ccc3oc4nc(-c5cc6ccccc6c6c5sc5ccccc56)cnc4c3c1)c1sc3ccccc3c12. The van der Waals surface area contributed by atoms with Crippen LogP contribution in [0, 0.1) is 0 Å². The zero-order valence-corrected chi connectivity index (χ0v) is 26.5. The molecule has 47 heavy (non-hydrogen) atoms. The monoisotopic (exact) mass is 634 g/mol. The van der Waals surface area contributed by atoms with Crippen molar-refractivity contribution in [2.45, 2.75) is 0 Å². The lowest BCUT2D eigenvalue weighted by Gasteiger charge is -2.08. The fraction of sp³-hybridized carbons (Fsp3) is 0. The number of furan rings is 1. The normalized spacial score (nSPS) is 12.3. The molecule has 0 fully saturated rings. The van der Waals surface area contributed by atoms with Crippen LogP contribution in [0.1, 0.15) is 0 Å². The average molecular weight is 635 g/mol. The molecule has 11 aromatic rings. The van der Waals surface area contributed by atoms with E-state index in [0.717, 1.165) is 33.3 Å². The number of hydrogen-bond donors (Lipinski definition) is 0. The molecule has 11 rings (SSSR count). The Kier molecular flexibility index (Phi) is 5.14. The molecule has 0 unspecified atom stereocenters. The molecule has 5 heteroatoms. The first-order valence-corrected chi connectivity index (χ1v) is 17.3. The first-order chi connectivity index (χ1) is 23.3. The second-order valence-corrected chi connectivity index (χ2v) is 14.2. The van der Waals surface area contributed by atoms with Crippen LogP contribution in [0.2, 0.25) is 0 Å². The fourth-order valence-electron chi connectivity index (χ4n) is 7.39. The van der Waals surface area contributed by atoms with E-state index in [4.69, 9.17) is 14.4 Å². The molecule has 7 aromatic carbocycles. The highest BCUT2D eigenvalue weighted by molar-refractivity contribution is 7.27. The Labute approximate surface area is 276 Å². The van der Waals surface area contributed by atoms with Gasteiger partial charge in [-0.25, -0.2) is 9.97 Å². The Hall–Kier alpha value is -5.62. The van der Waals surface area contributed by atoms with E-state index in [2.05, 4.69) is 127 Å². The van der Waals surface area contributed by atoms with Crippen molar-refractivity contribution in [3.63, 3.8) is 0 Å². The molecule has 0 aliphatic rings. The van der Waals surface area contributed by atoms with Crippen LogP contribution < -0.4 is 0 Å². The number of nitrogens with zero attached hydrogens (tertiary/aromatic N) is 2. The lowest BCUT2D eigenvalue weighted by atomic mass is 9.96. The highest BCUT2D eigenvalue weighted by atomic mass is 32.1. The van der Waals surface area contributed by atoms with E-state index in [1.165, 1.54) is 67.5 Å². The van der Waals surface area contributed by atoms with Gasteiger partial charge in [0.2, 0.25) is 5.71 Å². The molecule has 0 atom stereocenters. The van der Waals surface area contributed by atoms with Crippen molar-refractivity contribution in [2.24, 2.45) is 0 Å². The summed E-state index contributed by atoms with van der Waals surface area (Å²) in [5.74, 6) is 0. The van der Waals surface area contributed by atoms with Crippen molar-refractivity contribution >= 4 is 107 Å². The molecule has 0 bridgehead atoms. The van der Waals surface area contributed by atoms with Gasteiger partial charge in [0.15, 0.2) is 0 Å². The molecule has 0 spiro atoms. The van der Waals surface area contributed by atoms with Gasteiger partial charge < -0.3 is 4.42 Å². The van der Waals surface area contributed by atoms with Crippen LogP contribution in [0.5, 0.6) is 0 Å². The van der Waals surface area contributed by atoms with Gasteiger partial charge in [0.05, 0.1) is 11.9 Å². The van der Waals surface area contributed by atoms with Crippen molar-refractivity contribution in [1.82, 2.24) is 9.97 Å². The Morgan fingerprint density at radius 1 is 0.511 bits per heavy atom. The highest BCUT2D eigenvalue weighted by Gasteiger charge is 2.19. The van der Waals surface area contributed by atoms with Gasteiger partial charge in [0.25, 0.3) is 0 Å². The number of rotatable bonds is 2. The van der Waals surface area contributed by atoms with Gasteiger partial charge in [-0.15, -0.1) is 22.7 Å². The highest BCUT2D eigenvalue weighted by Crippen LogP contribution is 2.46. The van der Waals surface area contributed by atoms with Crippen LogP contribution in [0.3, 0.4) is 0 Å². The third-order valence-electron chi connectivity index (χ3n) is 9.51. The summed E-state index contributed by atoms with van der Waals surface area (Å²) < 4.78 is 11.5. The average Bonchev–Trinajstić information content (AvgIpc) is 3.82. The minimum atomic E-state index is 0.558. The van der Waals surface area contributed by atoms with Gasteiger partial charge in [-0.2, -0.15) is 0 Å². The Morgan fingerprint density at radius 2 is 1.09 bits per heavy atom. The number of fused-ring (bicyclic) bond motifs is 13. The van der Waals surface area contributed by atoms with Crippen molar-refractivity contribution < 1.29 is 4.42 Å². The predicted molar refractivity (Wildman–Crippen MR) is 201 cm³/mol. The first kappa shape index (κ1) is 25.6. The van der Waals surface area contributed by atoms with E-state index in [0.29, 0.717) is 5.71 Å². The third-order valence-corrected chi connectivity index (χ3v) is 11.9. The van der Waals surface area contributed by atoms with Gasteiger partial charge in [0, 0.05) is 56.9 Å². The molecule has 0 radical (unpaired) electrons. The van der Waals surface area contributed by atoms with Gasteiger partial charge in [-0.1, -0.05) is 91.0 Å². The Morgan fingerprint density at radius 3 is 1.77 bits per heavy atom. The molecule has 218 valence electrons. The molecular weight excluding hydrogens is 613 g/mol. The molecule has 0 amide bonds. The van der Waals surface area contributed by atoms with Crippen LogP contribution >= 0.6 is 22.7 Å². The summed E-state index contributed by atoms with van der Waals surface area (Å²) in [4.78, 5) is 10.1. The molecule has 4 aromatic heterocycles. The van der Waals surface area contributed by atoms with Gasteiger partial charge in [-0.3, -0.25) is 0 Å². The first-order valence-electron chi connectivity index (χ1n) is 15.6. The standard InChI is InChI=1S/C42H22N2OS2/c1-3-11-26-23(9-1)19-30(40-37(26)28-13-5-7-15-35(28)46-40)25-17-18-34-32(21-25)39-42(45-34)44-33(22-43-39)31-20-24-10-2-4-12-27(24)38-29-14-6-8-16-36(29)47-41(31)38/h1-22H. The van der Waals surface area contributed by atoms with Crippen LogP contribution in [0.15, 0.2) is 138 Å². The van der Waals surface area contributed by atoms with Crippen LogP contribution in [0.4, 0.5) is 0 Å². The summed E-state index contributed by atoms with van der Waals surface area (Å²) in [6.45, 7) is 0. The maximum Gasteiger partial charge on any atom is 0.246 e. The molecule has 0 N–H and O–H groups in total. The minimum Gasteiger partial charge on any atom is -0.436 e. The van der Waals surface area contributed by atoms with E-state index >= 15 is 0 Å². The molecule has 0 saturated heterocycles. The second kappa shape index (κ2) is 9.46. The predicted octanol–water partition coefficient (Wildman–Crippen LogP) is 12.8. The summed E-state index contributed by atoms with van der Waals surface area (Å²) >= 11 is 3.67. The smallest absolute Gasteiger partial charge is 0.246 e. The van der Waals surface area contributed by atoms with Crippen molar-refractivity contribution in [2.75, 3.05) is 0 Å². The molecule has 4 heterocycles. The van der Waals surface area contributed by atoms with E-state index in [-0.39, 0.29) is 0 Å². The topological polar surface area (TPSA) is 38.9 Å². The van der Waals surface area contributed by atoms with E-state index < -0.39 is 0 Å². The van der Waals surface area contributed by atoms with Crippen molar-refractivity contribution in [3.8, 4) is 22.4 Å². The van der Waals surface area contributed by atoms with E-state index in [1.54, 1.807) is 0 Å². The van der Waals surface area contributed by atoms with E-state index in [9.17, 15) is 0 Å². The quantitative estimate of drug-likeness (QED) is 0.190. The van der Waals surface area contributed by atoms with Gasteiger partial charge in [0.1, 0.15) is 11.1 Å². The molecular formula is C42H22N2OS2. The Balaban J connectivity index is 1.13. The van der Waals surface area contributed by atoms with Gasteiger partial charge >= 0.3 is 0 Å². The summed E-state index contributed by atoms with van der Waals surface area (Å²) in [6.07, 6.45) is 1.91.